The first-order valence-electron chi connectivity index (χ1n) is 9.14. The Morgan fingerprint density at radius 2 is 2.11 bits per heavy atom. The summed E-state index contributed by atoms with van der Waals surface area (Å²) < 4.78 is 6.99. The van der Waals surface area contributed by atoms with Crippen molar-refractivity contribution in [1.82, 2.24) is 14.7 Å². The fraction of sp³-hybridized carbons (Fsp3) is 0.421. The predicted octanol–water partition coefficient (Wildman–Crippen LogP) is 2.94. The number of likely N-dealkylation sites (tertiary alicyclic amines) is 1. The maximum absolute atomic E-state index is 12.7. The molecule has 0 spiro atoms. The summed E-state index contributed by atoms with van der Waals surface area (Å²) in [5.74, 6) is 0. The second-order valence-corrected chi connectivity index (χ2v) is 7.01. The van der Waals surface area contributed by atoms with Crippen molar-refractivity contribution in [3.05, 3.63) is 41.7 Å². The lowest BCUT2D eigenvalue weighted by atomic mass is 10.2. The molecule has 8 nitrogen and oxygen atoms in total. The molecule has 2 aliphatic rings. The van der Waals surface area contributed by atoms with Crippen molar-refractivity contribution in [3.8, 4) is 0 Å². The van der Waals surface area contributed by atoms with Crippen molar-refractivity contribution in [1.29, 1.82) is 0 Å². The Morgan fingerprint density at radius 1 is 1.26 bits per heavy atom. The third-order valence-electron chi connectivity index (χ3n) is 5.01. The zero-order chi connectivity index (χ0) is 19.0. The standard InChI is InChI=1S/C19H23N5O3/c1-13-10-14(2)24(21-13)17-6-7-22(12-17)18(25)20-15-4-3-5-16(11-15)23-8-9-27-19(23)26/h3-5,10-11,17H,6-9,12H2,1-2H3,(H,20,25)/t17-/m1/s1. The van der Waals surface area contributed by atoms with Gasteiger partial charge in [-0.3, -0.25) is 9.58 Å². The topological polar surface area (TPSA) is 79.7 Å². The van der Waals surface area contributed by atoms with Crippen LogP contribution in [0.15, 0.2) is 30.3 Å². The Balaban J connectivity index is 1.41. The summed E-state index contributed by atoms with van der Waals surface area (Å²) in [6, 6.07) is 9.37. The normalized spacial score (nSPS) is 19.5. The number of cyclic esters (lactones) is 1. The minimum atomic E-state index is -0.356. The Morgan fingerprint density at radius 3 is 2.81 bits per heavy atom. The van der Waals surface area contributed by atoms with Crippen molar-refractivity contribution >= 4 is 23.5 Å². The largest absolute Gasteiger partial charge is 0.447 e. The van der Waals surface area contributed by atoms with Gasteiger partial charge in [-0.15, -0.1) is 0 Å². The van der Waals surface area contributed by atoms with Gasteiger partial charge in [0.05, 0.1) is 18.3 Å². The molecule has 2 fully saturated rings. The number of amides is 3. The number of ether oxygens (including phenoxy) is 1. The average Bonchev–Trinajstić information content (AvgIpc) is 3.35. The summed E-state index contributed by atoms with van der Waals surface area (Å²) >= 11 is 0. The van der Waals surface area contributed by atoms with E-state index in [-0.39, 0.29) is 18.2 Å². The number of nitrogens with zero attached hydrogens (tertiary/aromatic N) is 4. The first-order valence-corrected chi connectivity index (χ1v) is 9.14. The molecule has 8 heteroatoms. The predicted molar refractivity (Wildman–Crippen MR) is 101 cm³/mol. The van der Waals surface area contributed by atoms with Gasteiger partial charge in [0.1, 0.15) is 6.61 Å². The monoisotopic (exact) mass is 369 g/mol. The van der Waals surface area contributed by atoms with Crippen LogP contribution in [0.5, 0.6) is 0 Å². The van der Waals surface area contributed by atoms with Gasteiger partial charge >= 0.3 is 12.1 Å². The van der Waals surface area contributed by atoms with E-state index in [0.29, 0.717) is 31.9 Å². The van der Waals surface area contributed by atoms with Crippen LogP contribution in [0.25, 0.3) is 0 Å². The molecule has 1 aromatic heterocycles. The molecular formula is C19H23N5O3. The number of hydrogen-bond acceptors (Lipinski definition) is 4. The highest BCUT2D eigenvalue weighted by Gasteiger charge is 2.29. The number of carbonyl (C=O) groups excluding carboxylic acids is 2. The fourth-order valence-corrected chi connectivity index (χ4v) is 3.72. The molecule has 2 aliphatic heterocycles. The quantitative estimate of drug-likeness (QED) is 0.902. The van der Waals surface area contributed by atoms with Crippen molar-refractivity contribution in [2.24, 2.45) is 0 Å². The molecule has 0 saturated carbocycles. The fourth-order valence-electron chi connectivity index (χ4n) is 3.72. The highest BCUT2D eigenvalue weighted by molar-refractivity contribution is 5.93. The second-order valence-electron chi connectivity index (χ2n) is 7.01. The molecule has 0 aliphatic carbocycles. The molecule has 4 rings (SSSR count). The molecule has 2 aromatic rings. The number of hydrogen-bond donors (Lipinski definition) is 1. The molecule has 1 N–H and O–H groups in total. The van der Waals surface area contributed by atoms with Crippen LogP contribution in [0.1, 0.15) is 23.9 Å². The lowest BCUT2D eigenvalue weighted by molar-refractivity contribution is 0.181. The Hall–Kier alpha value is -3.03. The molecule has 0 radical (unpaired) electrons. The Bertz CT molecular complexity index is 878. The SMILES string of the molecule is Cc1cc(C)n([C@@H]2CCN(C(=O)Nc3cccc(N4CCOC4=O)c3)C2)n1. The lowest BCUT2D eigenvalue weighted by Gasteiger charge is -2.19. The molecule has 142 valence electrons. The summed E-state index contributed by atoms with van der Waals surface area (Å²) in [5, 5.41) is 7.47. The highest BCUT2D eigenvalue weighted by atomic mass is 16.6. The van der Waals surface area contributed by atoms with E-state index >= 15 is 0 Å². The third-order valence-corrected chi connectivity index (χ3v) is 5.01. The number of urea groups is 1. The van der Waals surface area contributed by atoms with Gasteiger partial charge in [-0.05, 0) is 44.5 Å². The number of nitrogens with one attached hydrogen (secondary N) is 1. The van der Waals surface area contributed by atoms with Crippen LogP contribution in [0.2, 0.25) is 0 Å². The summed E-state index contributed by atoms with van der Waals surface area (Å²) in [5.41, 5.74) is 3.49. The number of benzene rings is 1. The van der Waals surface area contributed by atoms with Crippen molar-refractivity contribution in [2.45, 2.75) is 26.3 Å². The molecular weight excluding hydrogens is 346 g/mol. The molecule has 3 amide bonds. The van der Waals surface area contributed by atoms with Gasteiger partial charge in [0.2, 0.25) is 0 Å². The van der Waals surface area contributed by atoms with Crippen molar-refractivity contribution in [2.75, 3.05) is 36.5 Å². The van der Waals surface area contributed by atoms with E-state index in [9.17, 15) is 9.59 Å². The smallest absolute Gasteiger partial charge is 0.414 e. The van der Waals surface area contributed by atoms with E-state index in [1.165, 1.54) is 0 Å². The second kappa shape index (κ2) is 6.94. The number of aryl methyl sites for hydroxylation is 2. The molecule has 1 atom stereocenters. The maximum Gasteiger partial charge on any atom is 0.414 e. The van der Waals surface area contributed by atoms with Crippen molar-refractivity contribution in [3.63, 3.8) is 0 Å². The number of rotatable bonds is 3. The van der Waals surface area contributed by atoms with Crippen molar-refractivity contribution < 1.29 is 14.3 Å². The molecule has 27 heavy (non-hydrogen) atoms. The van der Waals surface area contributed by atoms with Crippen LogP contribution in [0.3, 0.4) is 0 Å². The summed E-state index contributed by atoms with van der Waals surface area (Å²) in [4.78, 5) is 27.7. The Kier molecular flexibility index (Phi) is 4.47. The van der Waals surface area contributed by atoms with E-state index in [4.69, 9.17) is 4.74 Å². The molecule has 3 heterocycles. The van der Waals surface area contributed by atoms with Gasteiger partial charge in [-0.1, -0.05) is 6.07 Å². The molecule has 2 saturated heterocycles. The third kappa shape index (κ3) is 3.47. The first kappa shape index (κ1) is 17.4. The molecule has 0 unspecified atom stereocenters. The van der Waals surface area contributed by atoms with E-state index < -0.39 is 0 Å². The minimum Gasteiger partial charge on any atom is -0.447 e. The highest BCUT2D eigenvalue weighted by Crippen LogP contribution is 2.25. The van der Waals surface area contributed by atoms with Gasteiger partial charge < -0.3 is 15.0 Å². The van der Waals surface area contributed by atoms with Gasteiger partial charge in [0.25, 0.3) is 0 Å². The van der Waals surface area contributed by atoms with Gasteiger partial charge in [0, 0.05) is 30.2 Å². The molecule has 0 bridgehead atoms. The van der Waals surface area contributed by atoms with Crippen LogP contribution >= 0.6 is 0 Å². The van der Waals surface area contributed by atoms with Crippen LogP contribution in [0.4, 0.5) is 21.0 Å². The van der Waals surface area contributed by atoms with E-state index in [1.807, 2.05) is 36.7 Å². The van der Waals surface area contributed by atoms with E-state index in [1.54, 1.807) is 15.9 Å². The van der Waals surface area contributed by atoms with Gasteiger partial charge in [-0.25, -0.2) is 9.59 Å². The number of anilines is 2. The zero-order valence-corrected chi connectivity index (χ0v) is 15.5. The Labute approximate surface area is 157 Å². The molecule has 1 aromatic carbocycles. The average molecular weight is 369 g/mol. The number of carbonyl (C=O) groups is 2. The summed E-state index contributed by atoms with van der Waals surface area (Å²) in [6.07, 6.45) is 0.528. The van der Waals surface area contributed by atoms with Crippen LogP contribution in [-0.2, 0) is 4.74 Å². The van der Waals surface area contributed by atoms with Gasteiger partial charge in [-0.2, -0.15) is 5.10 Å². The maximum atomic E-state index is 12.7. The van der Waals surface area contributed by atoms with Crippen LogP contribution in [0, 0.1) is 13.8 Å². The minimum absolute atomic E-state index is 0.139. The van der Waals surface area contributed by atoms with E-state index in [2.05, 4.69) is 16.5 Å². The zero-order valence-electron chi connectivity index (χ0n) is 15.5. The van der Waals surface area contributed by atoms with Crippen LogP contribution in [-0.4, -0.2) is 53.0 Å². The summed E-state index contributed by atoms with van der Waals surface area (Å²) in [7, 11) is 0. The lowest BCUT2D eigenvalue weighted by Crippen LogP contribution is -2.33. The van der Waals surface area contributed by atoms with Crippen LogP contribution < -0.4 is 10.2 Å². The number of aromatic nitrogens is 2. The first-order chi connectivity index (χ1) is 13.0. The van der Waals surface area contributed by atoms with Gasteiger partial charge in [0.15, 0.2) is 0 Å². The summed E-state index contributed by atoms with van der Waals surface area (Å²) in [6.45, 7) is 6.24. The van der Waals surface area contributed by atoms with E-state index in [0.717, 1.165) is 23.5 Å².